The molecule has 0 saturated carbocycles. The van der Waals surface area contributed by atoms with Crippen LogP contribution in [-0.2, 0) is 19.0 Å². The highest BCUT2D eigenvalue weighted by Crippen LogP contribution is 2.25. The minimum atomic E-state index is -0.759. The number of methoxy groups -OCH3 is 2. The molecule has 3 amide bonds. The summed E-state index contributed by atoms with van der Waals surface area (Å²) in [6.45, 7) is 0.736. The maximum absolute atomic E-state index is 12.6. The molecule has 1 N–H and O–H groups in total. The average Bonchev–Trinajstić information content (AvgIpc) is 3.14. The van der Waals surface area contributed by atoms with Crippen molar-refractivity contribution in [2.45, 2.75) is 24.9 Å². The lowest BCUT2D eigenvalue weighted by molar-refractivity contribution is -0.145. The van der Waals surface area contributed by atoms with Crippen molar-refractivity contribution in [2.75, 3.05) is 39.2 Å². The van der Waals surface area contributed by atoms with Crippen molar-refractivity contribution in [3.05, 3.63) is 29.8 Å². The quantitative estimate of drug-likeness (QED) is 0.596. The number of urea groups is 1. The Morgan fingerprint density at radius 3 is 2.45 bits per heavy atom. The molecule has 2 saturated heterocycles. The third kappa shape index (κ3) is 4.25. The highest BCUT2D eigenvalue weighted by atomic mass is 16.6. The summed E-state index contributed by atoms with van der Waals surface area (Å²) < 4.78 is 14.5. The van der Waals surface area contributed by atoms with E-state index in [0.717, 1.165) is 0 Å². The van der Waals surface area contributed by atoms with Gasteiger partial charge in [-0.3, -0.25) is 4.90 Å². The van der Waals surface area contributed by atoms with Crippen LogP contribution in [-0.4, -0.2) is 79.9 Å². The molecule has 2 aliphatic heterocycles. The first-order chi connectivity index (χ1) is 14.0. The zero-order valence-corrected chi connectivity index (χ0v) is 16.3. The molecule has 3 rings (SSSR count). The van der Waals surface area contributed by atoms with Gasteiger partial charge in [0.15, 0.2) is 6.04 Å². The number of carbonyl (C=O) groups is 4. The molecule has 0 bridgehead atoms. The first kappa shape index (κ1) is 20.4. The Morgan fingerprint density at radius 1 is 1.10 bits per heavy atom. The van der Waals surface area contributed by atoms with E-state index in [-0.39, 0.29) is 24.2 Å². The number of amides is 3. The molecule has 2 heterocycles. The van der Waals surface area contributed by atoms with E-state index in [1.165, 1.54) is 19.1 Å². The van der Waals surface area contributed by atoms with Crippen molar-refractivity contribution < 1.29 is 33.4 Å². The average molecular weight is 405 g/mol. The fourth-order valence-electron chi connectivity index (χ4n) is 3.57. The van der Waals surface area contributed by atoms with E-state index in [2.05, 4.69) is 5.32 Å². The van der Waals surface area contributed by atoms with Gasteiger partial charge in [-0.25, -0.2) is 19.2 Å². The van der Waals surface area contributed by atoms with Gasteiger partial charge in [0.25, 0.3) is 0 Å². The first-order valence-corrected chi connectivity index (χ1v) is 9.22. The van der Waals surface area contributed by atoms with Crippen molar-refractivity contribution in [1.82, 2.24) is 9.80 Å². The number of rotatable bonds is 4. The number of carbonyl (C=O) groups excluding carboxylic acids is 4. The number of ether oxygens (including phenoxy) is 3. The monoisotopic (exact) mass is 405 g/mol. The van der Waals surface area contributed by atoms with Crippen LogP contribution in [0.4, 0.5) is 15.3 Å². The van der Waals surface area contributed by atoms with Gasteiger partial charge >= 0.3 is 24.1 Å². The second kappa shape index (κ2) is 8.80. The molecule has 0 radical (unpaired) electrons. The van der Waals surface area contributed by atoms with Crippen LogP contribution in [0.1, 0.15) is 23.2 Å². The Morgan fingerprint density at radius 2 is 1.79 bits per heavy atom. The standard InChI is InChI=1S/C19H23N3O7/c1-27-16(23)13-5-3-4-6-14(13)20-18(25)21-9-7-12(8-10-21)22-15(17(24)28-2)11-29-19(22)26/h3-6,12,15H,7-11H2,1-2H3,(H,20,25). The third-order valence-electron chi connectivity index (χ3n) is 5.10. The predicted molar refractivity (Wildman–Crippen MR) is 100 cm³/mol. The summed E-state index contributed by atoms with van der Waals surface area (Å²) in [6.07, 6.45) is 0.443. The molecule has 1 aromatic rings. The van der Waals surface area contributed by atoms with E-state index in [0.29, 0.717) is 31.6 Å². The predicted octanol–water partition coefficient (Wildman–Crippen LogP) is 1.46. The molecule has 0 aromatic heterocycles. The Bertz CT molecular complexity index is 805. The Labute approximate surface area is 167 Å². The van der Waals surface area contributed by atoms with E-state index in [1.54, 1.807) is 29.2 Å². The van der Waals surface area contributed by atoms with Crippen LogP contribution in [0, 0.1) is 0 Å². The summed E-state index contributed by atoms with van der Waals surface area (Å²) >= 11 is 0. The SMILES string of the molecule is COC(=O)c1ccccc1NC(=O)N1CCC(N2C(=O)OCC2C(=O)OC)CC1. The molecule has 29 heavy (non-hydrogen) atoms. The summed E-state index contributed by atoms with van der Waals surface area (Å²) in [6, 6.07) is 5.25. The van der Waals surface area contributed by atoms with Crippen LogP contribution in [0.25, 0.3) is 0 Å². The Hall–Kier alpha value is -3.30. The first-order valence-electron chi connectivity index (χ1n) is 9.22. The number of anilines is 1. The number of benzene rings is 1. The topological polar surface area (TPSA) is 114 Å². The van der Waals surface area contributed by atoms with E-state index in [4.69, 9.17) is 14.2 Å². The maximum Gasteiger partial charge on any atom is 0.410 e. The number of hydrogen-bond donors (Lipinski definition) is 1. The fraction of sp³-hybridized carbons (Fsp3) is 0.474. The van der Waals surface area contributed by atoms with Crippen LogP contribution in [0.3, 0.4) is 0 Å². The summed E-state index contributed by atoms with van der Waals surface area (Å²) in [5.74, 6) is -1.06. The fourth-order valence-corrected chi connectivity index (χ4v) is 3.57. The summed E-state index contributed by atoms with van der Waals surface area (Å²) in [4.78, 5) is 51.4. The summed E-state index contributed by atoms with van der Waals surface area (Å²) in [5.41, 5.74) is 0.624. The van der Waals surface area contributed by atoms with Gasteiger partial charge in [-0.2, -0.15) is 0 Å². The zero-order chi connectivity index (χ0) is 21.0. The highest BCUT2D eigenvalue weighted by Gasteiger charge is 2.44. The second-order valence-electron chi connectivity index (χ2n) is 6.71. The molecule has 1 atom stereocenters. The molecule has 2 aliphatic rings. The van der Waals surface area contributed by atoms with Gasteiger partial charge in [0, 0.05) is 19.1 Å². The smallest absolute Gasteiger partial charge is 0.410 e. The lowest BCUT2D eigenvalue weighted by Crippen LogP contribution is -2.52. The van der Waals surface area contributed by atoms with E-state index in [1.807, 2.05) is 0 Å². The van der Waals surface area contributed by atoms with E-state index >= 15 is 0 Å². The Balaban J connectivity index is 1.61. The molecule has 156 valence electrons. The summed E-state index contributed by atoms with van der Waals surface area (Å²) in [7, 11) is 2.54. The normalized spacial score (nSPS) is 19.5. The van der Waals surface area contributed by atoms with Gasteiger partial charge in [0.1, 0.15) is 6.61 Å². The van der Waals surface area contributed by atoms with E-state index in [9.17, 15) is 19.2 Å². The molecule has 10 heteroatoms. The Kier molecular flexibility index (Phi) is 6.20. The number of cyclic esters (lactones) is 1. The van der Waals surface area contributed by atoms with Gasteiger partial charge in [-0.15, -0.1) is 0 Å². The van der Waals surface area contributed by atoms with Gasteiger partial charge < -0.3 is 24.4 Å². The number of nitrogens with one attached hydrogen (secondary N) is 1. The largest absolute Gasteiger partial charge is 0.467 e. The summed E-state index contributed by atoms with van der Waals surface area (Å²) in [5, 5.41) is 2.73. The number of piperidine rings is 1. The molecule has 0 aliphatic carbocycles. The van der Waals surface area contributed by atoms with Gasteiger partial charge in [0.05, 0.1) is 25.5 Å². The zero-order valence-electron chi connectivity index (χ0n) is 16.3. The highest BCUT2D eigenvalue weighted by molar-refractivity contribution is 6.00. The van der Waals surface area contributed by atoms with Crippen LogP contribution in [0.15, 0.2) is 24.3 Å². The molecule has 2 fully saturated rings. The van der Waals surface area contributed by atoms with Crippen molar-refractivity contribution in [3.8, 4) is 0 Å². The van der Waals surface area contributed by atoms with Crippen LogP contribution < -0.4 is 5.32 Å². The van der Waals surface area contributed by atoms with Crippen molar-refractivity contribution in [3.63, 3.8) is 0 Å². The molecule has 10 nitrogen and oxygen atoms in total. The maximum atomic E-state index is 12.6. The van der Waals surface area contributed by atoms with Crippen LogP contribution in [0.5, 0.6) is 0 Å². The number of para-hydroxylation sites is 1. The lowest BCUT2D eigenvalue weighted by atomic mass is 10.0. The van der Waals surface area contributed by atoms with E-state index < -0.39 is 24.1 Å². The molecule has 1 unspecified atom stereocenters. The molecule has 1 aromatic carbocycles. The lowest BCUT2D eigenvalue weighted by Gasteiger charge is -2.37. The van der Waals surface area contributed by atoms with Gasteiger partial charge in [-0.1, -0.05) is 12.1 Å². The number of hydrogen-bond acceptors (Lipinski definition) is 7. The second-order valence-corrected chi connectivity index (χ2v) is 6.71. The molecule has 0 spiro atoms. The minimum absolute atomic E-state index is 0.0312. The molecular formula is C19H23N3O7. The third-order valence-corrected chi connectivity index (χ3v) is 5.10. The number of nitrogens with zero attached hydrogens (tertiary/aromatic N) is 2. The number of likely N-dealkylation sites (tertiary alicyclic amines) is 1. The van der Waals surface area contributed by atoms with Crippen molar-refractivity contribution >= 4 is 29.8 Å². The van der Waals surface area contributed by atoms with Gasteiger partial charge in [-0.05, 0) is 25.0 Å². The van der Waals surface area contributed by atoms with Crippen LogP contribution in [0.2, 0.25) is 0 Å². The van der Waals surface area contributed by atoms with Gasteiger partial charge in [0.2, 0.25) is 0 Å². The molecular weight excluding hydrogens is 382 g/mol. The minimum Gasteiger partial charge on any atom is -0.467 e. The van der Waals surface area contributed by atoms with Crippen molar-refractivity contribution in [2.24, 2.45) is 0 Å². The van der Waals surface area contributed by atoms with Crippen molar-refractivity contribution in [1.29, 1.82) is 0 Å². The number of esters is 2. The van der Waals surface area contributed by atoms with Crippen LogP contribution >= 0.6 is 0 Å².